The first-order valence-corrected chi connectivity index (χ1v) is 7.60. The largest absolute Gasteiger partial charge is 0.364 e. The zero-order chi connectivity index (χ0) is 14.2. The highest BCUT2D eigenvalue weighted by molar-refractivity contribution is 7.90. The lowest BCUT2D eigenvalue weighted by molar-refractivity contribution is 0.108. The summed E-state index contributed by atoms with van der Waals surface area (Å²) >= 11 is 11.4. The van der Waals surface area contributed by atoms with E-state index < -0.39 is 15.1 Å². The van der Waals surface area contributed by atoms with Crippen LogP contribution in [0, 0.1) is 0 Å². The number of hydrogen-bond donors (Lipinski definition) is 0. The van der Waals surface area contributed by atoms with Gasteiger partial charge in [0.25, 0.3) is 5.24 Å². The SMILES string of the molecule is CS(=O)(=O)c1ccc(C(=O)Cl)c(Cl)c1-c1ccon1. The van der Waals surface area contributed by atoms with E-state index in [1.54, 1.807) is 0 Å². The first kappa shape index (κ1) is 14.0. The van der Waals surface area contributed by atoms with Gasteiger partial charge in [-0.25, -0.2) is 8.42 Å². The van der Waals surface area contributed by atoms with Gasteiger partial charge in [-0.1, -0.05) is 16.8 Å². The molecule has 0 saturated carbocycles. The molecule has 1 heterocycles. The second-order valence-electron chi connectivity index (χ2n) is 3.73. The van der Waals surface area contributed by atoms with E-state index in [-0.39, 0.29) is 26.7 Å². The minimum Gasteiger partial charge on any atom is -0.364 e. The predicted molar refractivity (Wildman–Crippen MR) is 70.2 cm³/mol. The number of halogens is 2. The minimum atomic E-state index is -3.54. The van der Waals surface area contributed by atoms with E-state index in [2.05, 4.69) is 9.68 Å². The Morgan fingerprint density at radius 1 is 1.32 bits per heavy atom. The fourth-order valence-corrected chi connectivity index (χ4v) is 3.10. The van der Waals surface area contributed by atoms with Crippen molar-refractivity contribution in [3.05, 3.63) is 35.0 Å². The van der Waals surface area contributed by atoms with Crippen molar-refractivity contribution >= 4 is 38.3 Å². The van der Waals surface area contributed by atoms with Gasteiger partial charge in [-0.2, -0.15) is 0 Å². The van der Waals surface area contributed by atoms with Crippen molar-refractivity contribution in [3.63, 3.8) is 0 Å². The molecular weight excluding hydrogens is 313 g/mol. The van der Waals surface area contributed by atoms with Gasteiger partial charge < -0.3 is 4.52 Å². The normalized spacial score (nSPS) is 11.5. The van der Waals surface area contributed by atoms with Crippen molar-refractivity contribution in [1.29, 1.82) is 0 Å². The van der Waals surface area contributed by atoms with Gasteiger partial charge in [0.15, 0.2) is 9.84 Å². The first-order chi connectivity index (χ1) is 8.82. The van der Waals surface area contributed by atoms with Crippen molar-refractivity contribution < 1.29 is 17.7 Å². The third kappa shape index (κ3) is 2.65. The average molecular weight is 320 g/mol. The molecule has 0 aliphatic carbocycles. The molecule has 0 radical (unpaired) electrons. The number of carbonyl (C=O) groups excluding carboxylic acids is 1. The summed E-state index contributed by atoms with van der Waals surface area (Å²) in [4.78, 5) is 11.2. The highest BCUT2D eigenvalue weighted by Crippen LogP contribution is 2.36. The molecule has 0 aliphatic heterocycles. The Hall–Kier alpha value is -1.37. The van der Waals surface area contributed by atoms with E-state index in [0.717, 1.165) is 6.26 Å². The smallest absolute Gasteiger partial charge is 0.253 e. The average Bonchev–Trinajstić information content (AvgIpc) is 2.79. The molecular formula is C11H7Cl2NO4S. The van der Waals surface area contributed by atoms with Crippen LogP contribution in [0.15, 0.2) is 33.9 Å². The molecule has 0 spiro atoms. The first-order valence-electron chi connectivity index (χ1n) is 4.95. The van der Waals surface area contributed by atoms with Crippen LogP contribution in [0.2, 0.25) is 5.02 Å². The molecule has 100 valence electrons. The Bertz CT molecular complexity index is 738. The van der Waals surface area contributed by atoms with Gasteiger partial charge in [0.2, 0.25) is 0 Å². The number of sulfone groups is 1. The molecule has 2 aromatic rings. The van der Waals surface area contributed by atoms with Gasteiger partial charge in [-0.15, -0.1) is 0 Å². The zero-order valence-corrected chi connectivity index (χ0v) is 11.9. The second kappa shape index (κ2) is 4.96. The minimum absolute atomic E-state index is 0.00809. The molecule has 0 unspecified atom stereocenters. The lowest BCUT2D eigenvalue weighted by Crippen LogP contribution is -2.03. The van der Waals surface area contributed by atoms with Gasteiger partial charge in [-0.05, 0) is 23.7 Å². The number of nitrogens with zero attached hydrogens (tertiary/aromatic N) is 1. The molecule has 0 atom stereocenters. The summed E-state index contributed by atoms with van der Waals surface area (Å²) in [5.41, 5.74) is 0.323. The summed E-state index contributed by atoms with van der Waals surface area (Å²) in [5, 5.41) is 2.79. The molecule has 0 bridgehead atoms. The van der Waals surface area contributed by atoms with Crippen LogP contribution in [0.5, 0.6) is 0 Å². The molecule has 0 fully saturated rings. The summed E-state index contributed by atoms with van der Waals surface area (Å²) in [5.74, 6) is 0. The molecule has 0 N–H and O–H groups in total. The van der Waals surface area contributed by atoms with Gasteiger partial charge in [-0.3, -0.25) is 4.79 Å². The van der Waals surface area contributed by atoms with Crippen molar-refractivity contribution in [1.82, 2.24) is 5.16 Å². The highest BCUT2D eigenvalue weighted by atomic mass is 35.5. The second-order valence-corrected chi connectivity index (χ2v) is 6.44. The maximum atomic E-state index is 11.7. The molecule has 8 heteroatoms. The molecule has 5 nitrogen and oxygen atoms in total. The molecule has 0 amide bonds. The van der Waals surface area contributed by atoms with Gasteiger partial charge in [0, 0.05) is 17.9 Å². The standard InChI is InChI=1S/C11H7Cl2NO4S/c1-19(16,17)8-3-2-6(11(13)15)10(12)9(8)7-4-5-18-14-7/h2-5H,1H3. The Kier molecular flexibility index (Phi) is 3.66. The van der Waals surface area contributed by atoms with E-state index >= 15 is 0 Å². The van der Waals surface area contributed by atoms with E-state index in [0.29, 0.717) is 0 Å². The number of carbonyl (C=O) groups is 1. The van der Waals surface area contributed by atoms with E-state index in [1.807, 2.05) is 0 Å². The van der Waals surface area contributed by atoms with Crippen molar-refractivity contribution in [2.75, 3.05) is 6.26 Å². The molecule has 1 aromatic heterocycles. The monoisotopic (exact) mass is 319 g/mol. The number of aromatic nitrogens is 1. The van der Waals surface area contributed by atoms with Crippen molar-refractivity contribution in [3.8, 4) is 11.3 Å². The molecule has 19 heavy (non-hydrogen) atoms. The maximum absolute atomic E-state index is 11.7. The van der Waals surface area contributed by atoms with E-state index in [9.17, 15) is 13.2 Å². The Balaban J connectivity index is 2.86. The van der Waals surface area contributed by atoms with Gasteiger partial charge in [0.1, 0.15) is 12.0 Å². The predicted octanol–water partition coefficient (Wildman–Crippen LogP) is 2.78. The highest BCUT2D eigenvalue weighted by Gasteiger charge is 2.23. The van der Waals surface area contributed by atoms with Crippen LogP contribution in [0.3, 0.4) is 0 Å². The fraction of sp³-hybridized carbons (Fsp3) is 0.0909. The quantitative estimate of drug-likeness (QED) is 0.813. The van der Waals surface area contributed by atoms with Crippen molar-refractivity contribution in [2.45, 2.75) is 4.90 Å². The summed E-state index contributed by atoms with van der Waals surface area (Å²) in [6, 6.07) is 3.97. The van der Waals surface area contributed by atoms with Crippen molar-refractivity contribution in [2.24, 2.45) is 0 Å². The Morgan fingerprint density at radius 2 is 2.00 bits per heavy atom. The molecule has 0 aliphatic rings. The zero-order valence-electron chi connectivity index (χ0n) is 9.55. The Morgan fingerprint density at radius 3 is 2.47 bits per heavy atom. The lowest BCUT2D eigenvalue weighted by atomic mass is 10.1. The summed E-state index contributed by atoms with van der Waals surface area (Å²) in [6.45, 7) is 0. The van der Waals surface area contributed by atoms with Crippen LogP contribution in [0.1, 0.15) is 10.4 Å². The number of rotatable bonds is 3. The summed E-state index contributed by atoms with van der Waals surface area (Å²) in [7, 11) is -3.54. The molecule has 2 rings (SSSR count). The van der Waals surface area contributed by atoms with Gasteiger partial charge in [0.05, 0.1) is 15.5 Å². The van der Waals surface area contributed by atoms with Crippen LogP contribution in [-0.4, -0.2) is 25.1 Å². The number of hydrogen-bond acceptors (Lipinski definition) is 5. The van der Waals surface area contributed by atoms with Crippen LogP contribution >= 0.6 is 23.2 Å². The number of benzene rings is 1. The lowest BCUT2D eigenvalue weighted by Gasteiger charge is -2.09. The van der Waals surface area contributed by atoms with Crippen LogP contribution in [0.25, 0.3) is 11.3 Å². The maximum Gasteiger partial charge on any atom is 0.253 e. The fourth-order valence-electron chi connectivity index (χ4n) is 1.60. The van der Waals surface area contributed by atoms with Crippen LogP contribution in [0.4, 0.5) is 0 Å². The summed E-state index contributed by atoms with van der Waals surface area (Å²) < 4.78 is 28.2. The van der Waals surface area contributed by atoms with E-state index in [1.165, 1.54) is 24.5 Å². The third-order valence-corrected chi connectivity index (χ3v) is 4.14. The third-order valence-electron chi connectivity index (χ3n) is 2.41. The molecule has 1 aromatic carbocycles. The van der Waals surface area contributed by atoms with Crippen LogP contribution in [-0.2, 0) is 9.84 Å². The Labute approximate surface area is 119 Å². The van der Waals surface area contributed by atoms with Crippen LogP contribution < -0.4 is 0 Å². The summed E-state index contributed by atoms with van der Waals surface area (Å²) in [6.07, 6.45) is 2.30. The topological polar surface area (TPSA) is 77.2 Å². The molecule has 0 saturated heterocycles. The van der Waals surface area contributed by atoms with E-state index in [4.69, 9.17) is 23.2 Å². The van der Waals surface area contributed by atoms with Gasteiger partial charge >= 0.3 is 0 Å².